The zero-order valence-electron chi connectivity index (χ0n) is 13.1. The number of pyridine rings is 1. The molecule has 1 heterocycles. The van der Waals surface area contributed by atoms with E-state index in [1.165, 1.54) is 6.20 Å². The van der Waals surface area contributed by atoms with E-state index < -0.39 is 17.2 Å². The van der Waals surface area contributed by atoms with Gasteiger partial charge in [0.05, 0.1) is 11.6 Å². The quantitative estimate of drug-likeness (QED) is 0.931. The molecule has 4 rings (SSSR count). The fourth-order valence-corrected chi connectivity index (χ4v) is 3.43. The SMILES string of the molecule is O=C(O)c1cn(C2CC2)c2cc(OC3CCCC3)c(F)cc2c1=O. The number of aromatic nitrogens is 1. The molecule has 0 atom stereocenters. The van der Waals surface area contributed by atoms with Gasteiger partial charge in [-0.15, -0.1) is 0 Å². The normalized spacial score (nSPS) is 18.2. The van der Waals surface area contributed by atoms with Crippen LogP contribution in [0.5, 0.6) is 5.75 Å². The first-order valence-corrected chi connectivity index (χ1v) is 8.33. The van der Waals surface area contributed by atoms with Gasteiger partial charge in [0, 0.05) is 23.7 Å². The van der Waals surface area contributed by atoms with Crippen LogP contribution in [0.15, 0.2) is 23.1 Å². The minimum Gasteiger partial charge on any atom is -0.487 e. The molecular weight excluding hydrogens is 313 g/mol. The summed E-state index contributed by atoms with van der Waals surface area (Å²) >= 11 is 0. The van der Waals surface area contributed by atoms with E-state index in [1.54, 1.807) is 10.6 Å². The van der Waals surface area contributed by atoms with Gasteiger partial charge in [0.2, 0.25) is 5.43 Å². The number of nitrogens with zero attached hydrogens (tertiary/aromatic N) is 1. The minimum absolute atomic E-state index is 0.0105. The van der Waals surface area contributed by atoms with E-state index in [1.807, 2.05) is 0 Å². The number of carboxylic acids is 1. The summed E-state index contributed by atoms with van der Waals surface area (Å²) in [4.78, 5) is 23.7. The molecule has 1 aromatic heterocycles. The Morgan fingerprint density at radius 1 is 1.21 bits per heavy atom. The van der Waals surface area contributed by atoms with Crippen LogP contribution in [0.2, 0.25) is 0 Å². The summed E-state index contributed by atoms with van der Waals surface area (Å²) in [5.41, 5.74) is -0.430. The maximum absolute atomic E-state index is 14.4. The van der Waals surface area contributed by atoms with Crippen LogP contribution in [0.3, 0.4) is 0 Å². The van der Waals surface area contributed by atoms with Crippen molar-refractivity contribution in [1.82, 2.24) is 4.57 Å². The molecule has 0 bridgehead atoms. The summed E-state index contributed by atoms with van der Waals surface area (Å²) in [6.07, 6.45) is 7.21. The number of fused-ring (bicyclic) bond motifs is 1. The van der Waals surface area contributed by atoms with Gasteiger partial charge in [-0.3, -0.25) is 4.79 Å². The van der Waals surface area contributed by atoms with E-state index in [2.05, 4.69) is 0 Å². The van der Waals surface area contributed by atoms with Gasteiger partial charge in [-0.25, -0.2) is 9.18 Å². The lowest BCUT2D eigenvalue weighted by molar-refractivity contribution is 0.0695. The third kappa shape index (κ3) is 2.56. The van der Waals surface area contributed by atoms with E-state index in [0.29, 0.717) is 5.52 Å². The lowest BCUT2D eigenvalue weighted by atomic mass is 10.1. The average molecular weight is 331 g/mol. The Balaban J connectivity index is 1.88. The van der Waals surface area contributed by atoms with Gasteiger partial charge in [-0.05, 0) is 44.6 Å². The molecule has 2 aromatic rings. The molecule has 2 saturated carbocycles. The van der Waals surface area contributed by atoms with Crippen LogP contribution >= 0.6 is 0 Å². The molecule has 0 unspecified atom stereocenters. The van der Waals surface area contributed by atoms with Crippen molar-refractivity contribution >= 4 is 16.9 Å². The number of benzene rings is 1. The van der Waals surface area contributed by atoms with Crippen molar-refractivity contribution in [2.45, 2.75) is 50.7 Å². The third-order valence-corrected chi connectivity index (χ3v) is 4.85. The smallest absolute Gasteiger partial charge is 0.341 e. The summed E-state index contributed by atoms with van der Waals surface area (Å²) in [5, 5.41) is 9.33. The summed E-state index contributed by atoms with van der Waals surface area (Å²) in [6, 6.07) is 2.83. The van der Waals surface area contributed by atoms with Crippen LogP contribution in [0.4, 0.5) is 4.39 Å². The van der Waals surface area contributed by atoms with Crippen molar-refractivity contribution in [2.24, 2.45) is 0 Å². The van der Waals surface area contributed by atoms with Crippen molar-refractivity contribution < 1.29 is 19.0 Å². The maximum Gasteiger partial charge on any atom is 0.341 e. The molecule has 0 spiro atoms. The van der Waals surface area contributed by atoms with Crippen LogP contribution < -0.4 is 10.2 Å². The van der Waals surface area contributed by atoms with E-state index >= 15 is 0 Å². The van der Waals surface area contributed by atoms with Crippen LogP contribution in [-0.2, 0) is 0 Å². The number of hydrogen-bond donors (Lipinski definition) is 1. The summed E-state index contributed by atoms with van der Waals surface area (Å²) in [7, 11) is 0. The molecule has 0 radical (unpaired) electrons. The topological polar surface area (TPSA) is 68.5 Å². The van der Waals surface area contributed by atoms with Crippen molar-refractivity contribution in [1.29, 1.82) is 0 Å². The Morgan fingerprint density at radius 3 is 2.54 bits per heavy atom. The molecule has 2 fully saturated rings. The average Bonchev–Trinajstić information content (AvgIpc) is 3.26. The fraction of sp³-hybridized carbons (Fsp3) is 0.444. The Bertz CT molecular complexity index is 879. The minimum atomic E-state index is -1.29. The molecule has 24 heavy (non-hydrogen) atoms. The highest BCUT2D eigenvalue weighted by Gasteiger charge is 2.28. The first kappa shape index (κ1) is 15.2. The first-order valence-electron chi connectivity index (χ1n) is 8.33. The highest BCUT2D eigenvalue weighted by atomic mass is 19.1. The number of aromatic carboxylic acids is 1. The second-order valence-electron chi connectivity index (χ2n) is 6.64. The Labute approximate surface area is 137 Å². The standard InChI is InChI=1S/C18H18FNO4/c19-14-7-12-15(8-16(14)24-11-3-1-2-4-11)20(10-5-6-10)9-13(17(12)21)18(22)23/h7-11H,1-6H2,(H,22,23). The van der Waals surface area contributed by atoms with Crippen LogP contribution in [0.1, 0.15) is 54.9 Å². The molecule has 0 aliphatic heterocycles. The Hall–Kier alpha value is -2.37. The van der Waals surface area contributed by atoms with Gasteiger partial charge in [0.25, 0.3) is 0 Å². The summed E-state index contributed by atoms with van der Waals surface area (Å²) in [5.74, 6) is -1.76. The van der Waals surface area contributed by atoms with E-state index in [-0.39, 0.29) is 28.8 Å². The largest absolute Gasteiger partial charge is 0.487 e. The van der Waals surface area contributed by atoms with E-state index in [0.717, 1.165) is 44.6 Å². The number of carboxylic acid groups (broad SMARTS) is 1. The fourth-order valence-electron chi connectivity index (χ4n) is 3.43. The third-order valence-electron chi connectivity index (χ3n) is 4.85. The highest BCUT2D eigenvalue weighted by Crippen LogP contribution is 2.38. The molecule has 0 saturated heterocycles. The molecule has 1 N–H and O–H groups in total. The van der Waals surface area contributed by atoms with Crippen molar-refractivity contribution in [3.8, 4) is 5.75 Å². The maximum atomic E-state index is 14.4. The first-order chi connectivity index (χ1) is 11.5. The van der Waals surface area contributed by atoms with Crippen LogP contribution in [-0.4, -0.2) is 21.7 Å². The lowest BCUT2D eigenvalue weighted by Gasteiger charge is -2.17. The number of rotatable bonds is 4. The monoisotopic (exact) mass is 331 g/mol. The van der Waals surface area contributed by atoms with Gasteiger partial charge in [0.15, 0.2) is 11.6 Å². The number of hydrogen-bond acceptors (Lipinski definition) is 3. The second kappa shape index (κ2) is 5.61. The van der Waals surface area contributed by atoms with E-state index in [4.69, 9.17) is 4.74 Å². The van der Waals surface area contributed by atoms with Crippen molar-refractivity contribution in [3.05, 3.63) is 39.9 Å². The molecule has 5 nitrogen and oxygen atoms in total. The van der Waals surface area contributed by atoms with Crippen LogP contribution in [0.25, 0.3) is 10.9 Å². The Morgan fingerprint density at radius 2 is 1.92 bits per heavy atom. The summed E-state index contributed by atoms with van der Waals surface area (Å²) in [6.45, 7) is 0. The molecule has 126 valence electrons. The number of carbonyl (C=O) groups is 1. The lowest BCUT2D eigenvalue weighted by Crippen LogP contribution is -2.19. The molecule has 2 aliphatic rings. The van der Waals surface area contributed by atoms with Crippen molar-refractivity contribution in [3.63, 3.8) is 0 Å². The molecule has 6 heteroatoms. The molecule has 0 amide bonds. The highest BCUT2D eigenvalue weighted by molar-refractivity contribution is 5.93. The summed E-state index contributed by atoms with van der Waals surface area (Å²) < 4.78 is 22.0. The van der Waals surface area contributed by atoms with E-state index in [9.17, 15) is 19.1 Å². The van der Waals surface area contributed by atoms with Crippen LogP contribution in [0, 0.1) is 5.82 Å². The Kier molecular flexibility index (Phi) is 3.55. The predicted octanol–water partition coefficient (Wildman–Crippen LogP) is 3.50. The predicted molar refractivity (Wildman–Crippen MR) is 86.3 cm³/mol. The van der Waals surface area contributed by atoms with Gasteiger partial charge >= 0.3 is 5.97 Å². The number of ether oxygens (including phenoxy) is 1. The second-order valence-corrected chi connectivity index (χ2v) is 6.64. The van der Waals surface area contributed by atoms with Gasteiger partial charge in [0.1, 0.15) is 5.56 Å². The molecule has 2 aliphatic carbocycles. The molecular formula is C18H18FNO4. The van der Waals surface area contributed by atoms with Gasteiger partial charge in [-0.2, -0.15) is 0 Å². The zero-order chi connectivity index (χ0) is 16.8. The zero-order valence-corrected chi connectivity index (χ0v) is 13.1. The molecule has 1 aromatic carbocycles. The number of halogens is 1. The van der Waals surface area contributed by atoms with Crippen molar-refractivity contribution in [2.75, 3.05) is 0 Å². The van der Waals surface area contributed by atoms with Gasteiger partial charge in [-0.1, -0.05) is 0 Å². The van der Waals surface area contributed by atoms with Gasteiger partial charge < -0.3 is 14.4 Å².